The van der Waals surface area contributed by atoms with Crippen LogP contribution in [0.2, 0.25) is 5.15 Å². The molecule has 0 atom stereocenters. The van der Waals surface area contributed by atoms with Crippen LogP contribution in [-0.4, -0.2) is 12.0 Å². The van der Waals surface area contributed by atoms with Gasteiger partial charge in [-0.3, -0.25) is 0 Å². The molecule has 2 heterocycles. The quantitative estimate of drug-likeness (QED) is 0.545. The molecule has 0 fully saturated rings. The summed E-state index contributed by atoms with van der Waals surface area (Å²) in [7, 11) is 0. The number of hydrogen-bond acceptors (Lipinski definition) is 2. The fraction of sp³-hybridized carbons (Fsp3) is 0. The molecule has 0 aliphatic carbocycles. The Morgan fingerprint density at radius 3 is 2.64 bits per heavy atom. The summed E-state index contributed by atoms with van der Waals surface area (Å²) in [5.41, 5.74) is -0.908. The van der Waals surface area contributed by atoms with E-state index in [-0.39, 0.29) is 16.1 Å². The highest BCUT2D eigenvalue weighted by atomic mass is 35.5. The number of hydrogen-bond donors (Lipinski definition) is 0. The van der Waals surface area contributed by atoms with Crippen LogP contribution in [0.15, 0.2) is 22.7 Å². The van der Waals surface area contributed by atoms with Gasteiger partial charge in [0.05, 0.1) is 5.39 Å². The normalized spacial score (nSPS) is 12.3. The molecule has 0 aliphatic heterocycles. The lowest BCUT2D eigenvalue weighted by Crippen LogP contribution is -2.32. The third kappa shape index (κ3) is 1.46. The predicted octanol–water partition coefficient (Wildman–Crippen LogP) is 2.54. The van der Waals surface area contributed by atoms with Gasteiger partial charge in [-0.15, -0.1) is 0 Å². The second kappa shape index (κ2) is 2.91. The van der Waals surface area contributed by atoms with Gasteiger partial charge in [0.15, 0.2) is 0 Å². The fourth-order valence-corrected chi connectivity index (χ4v) is 1.32. The van der Waals surface area contributed by atoms with Crippen molar-refractivity contribution in [3.05, 3.63) is 23.5 Å². The van der Waals surface area contributed by atoms with Crippen LogP contribution in [0.3, 0.4) is 0 Å². The van der Waals surface area contributed by atoms with Crippen molar-refractivity contribution in [2.75, 3.05) is 0 Å². The molecule has 2 aromatic rings. The lowest BCUT2D eigenvalue weighted by atomic mass is 9.88. The van der Waals surface area contributed by atoms with E-state index in [1.165, 1.54) is 12.3 Å². The molecule has 0 aromatic carbocycles. The van der Waals surface area contributed by atoms with Crippen molar-refractivity contribution in [3.8, 4) is 0 Å². The summed E-state index contributed by atoms with van der Waals surface area (Å²) in [6, 6.07) is 2.21. The molecule has 0 spiro atoms. The lowest BCUT2D eigenvalue weighted by Gasteiger charge is -2.08. The maximum absolute atomic E-state index is 12.3. The number of rotatable bonds is 1. The van der Waals surface area contributed by atoms with E-state index in [0.717, 1.165) is 6.07 Å². The van der Waals surface area contributed by atoms with Gasteiger partial charge in [-0.25, -0.2) is 4.98 Å². The molecule has 2 rings (SSSR count). The smallest absolute Gasteiger partial charge is 0.493 e. The molecule has 0 unspecified atom stereocenters. The molecule has 2 aromatic heterocycles. The van der Waals surface area contributed by atoms with Crippen LogP contribution in [0.4, 0.5) is 12.9 Å². The molecule has 0 bridgehead atoms. The van der Waals surface area contributed by atoms with Gasteiger partial charge in [-0.05, 0) is 12.1 Å². The Hall–Kier alpha value is -1.17. The Morgan fingerprint density at radius 2 is 2.07 bits per heavy atom. The Balaban J connectivity index is 2.69. The van der Waals surface area contributed by atoms with Crippen molar-refractivity contribution in [1.29, 1.82) is 0 Å². The number of halogens is 4. The molecular weight excluding hydrogens is 217 g/mol. The number of furan rings is 1. The van der Waals surface area contributed by atoms with Gasteiger partial charge in [0.1, 0.15) is 10.7 Å². The van der Waals surface area contributed by atoms with Crippen LogP contribution < -0.4 is 5.66 Å². The summed E-state index contributed by atoms with van der Waals surface area (Å²) >= 11 is 5.59. The number of pyridine rings is 1. The van der Waals surface area contributed by atoms with Crippen molar-refractivity contribution in [2.24, 2.45) is 0 Å². The molecule has 0 amide bonds. The monoisotopic (exact) mass is 220 g/mol. The second-order valence-corrected chi connectivity index (χ2v) is 3.10. The van der Waals surface area contributed by atoms with E-state index >= 15 is 0 Å². The molecule has 74 valence electrons. The average Bonchev–Trinajstić information content (AvgIpc) is 2.48. The van der Waals surface area contributed by atoms with Crippen LogP contribution >= 0.6 is 11.6 Å². The summed E-state index contributed by atoms with van der Waals surface area (Å²) in [6.45, 7) is -5.13. The first-order chi connectivity index (χ1) is 6.48. The number of nitrogens with zero attached hydrogens (tertiary/aromatic N) is 1. The summed E-state index contributed by atoms with van der Waals surface area (Å²) < 4.78 is 41.4. The molecule has 14 heavy (non-hydrogen) atoms. The highest BCUT2D eigenvalue weighted by Crippen LogP contribution is 2.23. The molecular formula is C7H3BClF3NO-. The Kier molecular flexibility index (Phi) is 1.96. The molecule has 0 aliphatic rings. The van der Waals surface area contributed by atoms with E-state index in [4.69, 9.17) is 11.6 Å². The minimum absolute atomic E-state index is 0.0116. The fourth-order valence-electron chi connectivity index (χ4n) is 1.11. The summed E-state index contributed by atoms with van der Waals surface area (Å²) in [5.74, 6) is 0. The highest BCUT2D eigenvalue weighted by Gasteiger charge is 2.30. The van der Waals surface area contributed by atoms with Crippen molar-refractivity contribution in [3.63, 3.8) is 0 Å². The Morgan fingerprint density at radius 1 is 1.36 bits per heavy atom. The predicted molar refractivity (Wildman–Crippen MR) is 47.7 cm³/mol. The van der Waals surface area contributed by atoms with Crippen LogP contribution in [0.1, 0.15) is 0 Å². The van der Waals surface area contributed by atoms with Crippen molar-refractivity contribution >= 4 is 35.2 Å². The minimum Gasteiger partial charge on any atom is -0.493 e. The largest absolute Gasteiger partial charge is 0.544 e. The lowest BCUT2D eigenvalue weighted by molar-refractivity contribution is 0.473. The van der Waals surface area contributed by atoms with Crippen molar-refractivity contribution in [2.45, 2.75) is 0 Å². The number of aromatic nitrogens is 1. The SMILES string of the molecule is F[B-](F)(F)c1cc2c(Cl)nccc2o1. The molecule has 0 saturated heterocycles. The third-order valence-corrected chi connectivity index (χ3v) is 2.04. The second-order valence-electron chi connectivity index (χ2n) is 2.74. The van der Waals surface area contributed by atoms with E-state index < -0.39 is 12.6 Å². The Bertz CT molecular complexity index is 481. The zero-order valence-electron chi connectivity index (χ0n) is 6.68. The molecule has 0 radical (unpaired) electrons. The first-order valence-corrected chi connectivity index (χ1v) is 4.10. The van der Waals surface area contributed by atoms with Gasteiger partial charge in [0.2, 0.25) is 0 Å². The van der Waals surface area contributed by atoms with E-state index in [2.05, 4.69) is 9.40 Å². The van der Waals surface area contributed by atoms with Gasteiger partial charge in [-0.1, -0.05) is 11.6 Å². The van der Waals surface area contributed by atoms with Crippen LogP contribution in [0.5, 0.6) is 0 Å². The topological polar surface area (TPSA) is 26.0 Å². The first-order valence-electron chi connectivity index (χ1n) is 3.72. The van der Waals surface area contributed by atoms with E-state index in [0.29, 0.717) is 0 Å². The van der Waals surface area contributed by atoms with E-state index in [9.17, 15) is 12.9 Å². The number of fused-ring (bicyclic) bond motifs is 1. The zero-order chi connectivity index (χ0) is 10.3. The molecule has 2 nitrogen and oxygen atoms in total. The summed E-state index contributed by atoms with van der Waals surface area (Å²) in [6.07, 6.45) is 1.29. The standard InChI is InChI=1S/C7H3BClF3NO/c9-7-4-3-6(8(10,11)12)14-5(4)1-2-13-7/h1-3H/q-1. The average molecular weight is 220 g/mol. The molecule has 7 heteroatoms. The maximum Gasteiger partial charge on any atom is 0.544 e. The van der Waals surface area contributed by atoms with Crippen LogP contribution in [-0.2, 0) is 0 Å². The molecule has 0 N–H and O–H groups in total. The minimum atomic E-state index is -5.13. The van der Waals surface area contributed by atoms with Gasteiger partial charge in [-0.2, -0.15) is 0 Å². The van der Waals surface area contributed by atoms with Crippen molar-refractivity contribution < 1.29 is 17.4 Å². The first kappa shape index (κ1) is 9.39. The van der Waals surface area contributed by atoms with E-state index in [1.807, 2.05) is 0 Å². The highest BCUT2D eigenvalue weighted by molar-refractivity contribution is 6.72. The van der Waals surface area contributed by atoms with Crippen LogP contribution in [0.25, 0.3) is 11.0 Å². The van der Waals surface area contributed by atoms with Gasteiger partial charge in [0, 0.05) is 11.9 Å². The molecule has 0 saturated carbocycles. The van der Waals surface area contributed by atoms with Gasteiger partial charge >= 0.3 is 6.98 Å². The summed E-state index contributed by atoms with van der Waals surface area (Å²) in [4.78, 5) is 3.65. The Labute approximate surface area is 81.7 Å². The third-order valence-electron chi connectivity index (χ3n) is 1.74. The van der Waals surface area contributed by atoms with Gasteiger partial charge < -0.3 is 17.4 Å². The zero-order valence-corrected chi connectivity index (χ0v) is 7.43. The maximum atomic E-state index is 12.3. The van der Waals surface area contributed by atoms with Gasteiger partial charge in [0.25, 0.3) is 0 Å². The van der Waals surface area contributed by atoms with E-state index in [1.54, 1.807) is 0 Å². The summed E-state index contributed by atoms with van der Waals surface area (Å²) in [5, 5.41) is 0.195. The van der Waals surface area contributed by atoms with Crippen molar-refractivity contribution in [1.82, 2.24) is 4.98 Å². The van der Waals surface area contributed by atoms with Crippen LogP contribution in [0, 0.1) is 0 Å².